The van der Waals surface area contributed by atoms with Gasteiger partial charge in [-0.15, -0.1) is 0 Å². The van der Waals surface area contributed by atoms with Gasteiger partial charge in [0.1, 0.15) is 11.5 Å². The molecule has 2 heterocycles. The molecular formula is C19H20N2O5. The summed E-state index contributed by atoms with van der Waals surface area (Å²) in [5, 5.41) is 15.2. The first-order chi connectivity index (χ1) is 12.4. The SMILES string of the molecule is CCOC(=O)C[C@@H](c1c(C)noc1C)c1c(O)c2ccccc2[nH]c1=O. The van der Waals surface area contributed by atoms with Gasteiger partial charge in [0.25, 0.3) is 5.56 Å². The number of para-hydroxylation sites is 1. The predicted octanol–water partition coefficient (Wildman–Crippen LogP) is 2.92. The zero-order valence-electron chi connectivity index (χ0n) is 14.8. The number of benzene rings is 1. The fourth-order valence-electron chi connectivity index (χ4n) is 3.29. The zero-order chi connectivity index (χ0) is 18.8. The smallest absolute Gasteiger partial charge is 0.306 e. The number of pyridine rings is 1. The minimum Gasteiger partial charge on any atom is -0.507 e. The molecule has 136 valence electrons. The molecule has 0 spiro atoms. The monoisotopic (exact) mass is 356 g/mol. The van der Waals surface area contributed by atoms with Crippen molar-refractivity contribution in [1.82, 2.24) is 10.1 Å². The molecular weight excluding hydrogens is 336 g/mol. The number of aromatic hydroxyl groups is 1. The maximum absolute atomic E-state index is 12.7. The van der Waals surface area contributed by atoms with E-state index in [1.165, 1.54) is 0 Å². The quantitative estimate of drug-likeness (QED) is 0.681. The van der Waals surface area contributed by atoms with Crippen molar-refractivity contribution in [3.05, 3.63) is 57.2 Å². The molecule has 3 rings (SSSR count). The van der Waals surface area contributed by atoms with Crippen LogP contribution in [-0.2, 0) is 9.53 Å². The molecule has 26 heavy (non-hydrogen) atoms. The van der Waals surface area contributed by atoms with Crippen molar-refractivity contribution >= 4 is 16.9 Å². The lowest BCUT2D eigenvalue weighted by Crippen LogP contribution is -2.21. The summed E-state index contributed by atoms with van der Waals surface area (Å²) in [6.45, 7) is 5.38. The number of ether oxygens (including phenoxy) is 1. The van der Waals surface area contributed by atoms with Crippen LogP contribution in [0.25, 0.3) is 10.9 Å². The number of H-pyrrole nitrogens is 1. The van der Waals surface area contributed by atoms with Crippen molar-refractivity contribution < 1.29 is 19.2 Å². The molecule has 2 aromatic heterocycles. The number of carbonyl (C=O) groups is 1. The summed E-state index contributed by atoms with van der Waals surface area (Å²) in [7, 11) is 0. The van der Waals surface area contributed by atoms with Crippen LogP contribution in [-0.4, -0.2) is 27.8 Å². The number of carbonyl (C=O) groups excluding carboxylic acids is 1. The molecule has 3 aromatic rings. The van der Waals surface area contributed by atoms with Gasteiger partial charge < -0.3 is 19.4 Å². The highest BCUT2D eigenvalue weighted by atomic mass is 16.5. The van der Waals surface area contributed by atoms with E-state index in [1.807, 2.05) is 0 Å². The topological polar surface area (TPSA) is 105 Å². The summed E-state index contributed by atoms with van der Waals surface area (Å²) >= 11 is 0. The molecule has 0 aliphatic heterocycles. The first-order valence-corrected chi connectivity index (χ1v) is 8.36. The van der Waals surface area contributed by atoms with E-state index in [9.17, 15) is 14.7 Å². The molecule has 2 N–H and O–H groups in total. The average Bonchev–Trinajstić information content (AvgIpc) is 2.93. The first-order valence-electron chi connectivity index (χ1n) is 8.36. The van der Waals surface area contributed by atoms with Crippen molar-refractivity contribution in [2.24, 2.45) is 0 Å². The van der Waals surface area contributed by atoms with Crippen molar-refractivity contribution in [2.45, 2.75) is 33.1 Å². The van der Waals surface area contributed by atoms with Gasteiger partial charge in [0.05, 0.1) is 29.8 Å². The third kappa shape index (κ3) is 3.08. The normalized spacial score (nSPS) is 12.3. The average molecular weight is 356 g/mol. The Kier molecular flexibility index (Phi) is 4.79. The van der Waals surface area contributed by atoms with Gasteiger partial charge >= 0.3 is 5.97 Å². The van der Waals surface area contributed by atoms with E-state index in [1.54, 1.807) is 45.0 Å². The summed E-state index contributed by atoms with van der Waals surface area (Å²) < 4.78 is 10.3. The molecule has 7 heteroatoms. The first kappa shape index (κ1) is 17.7. The lowest BCUT2D eigenvalue weighted by Gasteiger charge is -2.18. The number of nitrogens with zero attached hydrogens (tertiary/aromatic N) is 1. The minimum absolute atomic E-state index is 0.103. The van der Waals surface area contributed by atoms with Crippen LogP contribution in [0.15, 0.2) is 33.6 Å². The molecule has 7 nitrogen and oxygen atoms in total. The highest BCUT2D eigenvalue weighted by Gasteiger charge is 2.30. The van der Waals surface area contributed by atoms with E-state index in [2.05, 4.69) is 10.1 Å². The Labute approximate surface area is 149 Å². The Balaban J connectivity index is 2.24. The largest absolute Gasteiger partial charge is 0.507 e. The lowest BCUT2D eigenvalue weighted by molar-refractivity contribution is -0.143. The van der Waals surface area contributed by atoms with E-state index in [-0.39, 0.29) is 24.3 Å². The second-order valence-electron chi connectivity index (χ2n) is 6.06. The number of nitrogens with one attached hydrogen (secondary N) is 1. The number of aromatic nitrogens is 2. The highest BCUT2D eigenvalue weighted by Crippen LogP contribution is 2.37. The Morgan fingerprint density at radius 1 is 1.31 bits per heavy atom. The number of rotatable bonds is 5. The van der Waals surface area contributed by atoms with Crippen molar-refractivity contribution in [2.75, 3.05) is 6.61 Å². The number of hydrogen-bond donors (Lipinski definition) is 2. The second kappa shape index (κ2) is 7.03. The van der Waals surface area contributed by atoms with Crippen molar-refractivity contribution in [3.8, 4) is 5.75 Å². The van der Waals surface area contributed by atoms with E-state index >= 15 is 0 Å². The van der Waals surface area contributed by atoms with Crippen LogP contribution >= 0.6 is 0 Å². The molecule has 0 saturated carbocycles. The van der Waals surface area contributed by atoms with Gasteiger partial charge in [-0.2, -0.15) is 0 Å². The predicted molar refractivity (Wildman–Crippen MR) is 95.3 cm³/mol. The van der Waals surface area contributed by atoms with Crippen LogP contribution in [0.4, 0.5) is 0 Å². The van der Waals surface area contributed by atoms with Crippen LogP contribution in [0.3, 0.4) is 0 Å². The molecule has 0 aliphatic carbocycles. The molecule has 0 fully saturated rings. The highest BCUT2D eigenvalue weighted by molar-refractivity contribution is 5.86. The van der Waals surface area contributed by atoms with Crippen LogP contribution in [0.5, 0.6) is 5.75 Å². The summed E-state index contributed by atoms with van der Waals surface area (Å²) in [5.74, 6) is -0.861. The molecule has 0 bridgehead atoms. The summed E-state index contributed by atoms with van der Waals surface area (Å²) in [6.07, 6.45) is -0.105. The molecule has 0 saturated heterocycles. The van der Waals surface area contributed by atoms with Gasteiger partial charge in [-0.05, 0) is 32.9 Å². The zero-order valence-corrected chi connectivity index (χ0v) is 14.8. The van der Waals surface area contributed by atoms with Gasteiger partial charge in [0.2, 0.25) is 0 Å². The van der Waals surface area contributed by atoms with Gasteiger partial charge in [0, 0.05) is 16.9 Å². The Hall–Kier alpha value is -3.09. The number of aryl methyl sites for hydroxylation is 2. The van der Waals surface area contributed by atoms with Crippen LogP contribution in [0, 0.1) is 13.8 Å². The standard InChI is InChI=1S/C19H20N2O5/c1-4-25-15(22)9-13(16-10(2)21-26-11(16)3)17-18(23)12-7-5-6-8-14(12)20-19(17)24/h5-8,13H,4,9H2,1-3H3,(H2,20,23,24)/t13-/m0/s1. The third-order valence-corrected chi connectivity index (χ3v) is 4.39. The van der Waals surface area contributed by atoms with Crippen molar-refractivity contribution in [1.29, 1.82) is 0 Å². The van der Waals surface area contributed by atoms with Gasteiger partial charge in [-0.25, -0.2) is 0 Å². The fourth-order valence-corrected chi connectivity index (χ4v) is 3.29. The number of hydrogen-bond acceptors (Lipinski definition) is 6. The molecule has 0 radical (unpaired) electrons. The fraction of sp³-hybridized carbons (Fsp3) is 0.316. The summed E-state index contributed by atoms with van der Waals surface area (Å²) in [4.78, 5) is 27.7. The molecule has 0 aliphatic rings. The molecule has 0 unspecified atom stereocenters. The third-order valence-electron chi connectivity index (χ3n) is 4.39. The Bertz CT molecular complexity index is 999. The van der Waals surface area contributed by atoms with E-state index < -0.39 is 17.4 Å². The minimum atomic E-state index is -0.728. The lowest BCUT2D eigenvalue weighted by atomic mass is 9.86. The Morgan fingerprint density at radius 3 is 2.69 bits per heavy atom. The van der Waals surface area contributed by atoms with Crippen LogP contribution in [0.1, 0.15) is 41.8 Å². The maximum atomic E-state index is 12.7. The van der Waals surface area contributed by atoms with E-state index in [0.29, 0.717) is 27.9 Å². The van der Waals surface area contributed by atoms with E-state index in [4.69, 9.17) is 9.26 Å². The number of fused-ring (bicyclic) bond motifs is 1. The van der Waals surface area contributed by atoms with Gasteiger partial charge in [-0.3, -0.25) is 9.59 Å². The summed E-state index contributed by atoms with van der Waals surface area (Å²) in [5.41, 5.74) is 1.33. The molecule has 0 amide bonds. The maximum Gasteiger partial charge on any atom is 0.306 e. The van der Waals surface area contributed by atoms with E-state index in [0.717, 1.165) is 0 Å². The van der Waals surface area contributed by atoms with Gasteiger partial charge in [0.15, 0.2) is 0 Å². The molecule has 1 aromatic carbocycles. The van der Waals surface area contributed by atoms with Gasteiger partial charge in [-0.1, -0.05) is 17.3 Å². The Morgan fingerprint density at radius 2 is 2.04 bits per heavy atom. The van der Waals surface area contributed by atoms with Crippen molar-refractivity contribution in [3.63, 3.8) is 0 Å². The summed E-state index contributed by atoms with van der Waals surface area (Å²) in [6, 6.07) is 6.94. The second-order valence-corrected chi connectivity index (χ2v) is 6.06. The molecule has 1 atom stereocenters. The number of esters is 1. The van der Waals surface area contributed by atoms with Crippen LogP contribution < -0.4 is 5.56 Å². The number of aromatic amines is 1. The van der Waals surface area contributed by atoms with Crippen LogP contribution in [0.2, 0.25) is 0 Å².